The molecular formula is C14H18O2. The van der Waals surface area contributed by atoms with Crippen molar-refractivity contribution in [2.75, 3.05) is 6.61 Å². The van der Waals surface area contributed by atoms with Crippen LogP contribution in [0, 0.1) is 0 Å². The quantitative estimate of drug-likeness (QED) is 0.798. The first-order valence-corrected chi connectivity index (χ1v) is 6.17. The maximum Gasteiger partial charge on any atom is 0.0743 e. The molecule has 1 saturated carbocycles. The Hall–Kier alpha value is -0.860. The highest BCUT2D eigenvalue weighted by Gasteiger charge is 2.48. The van der Waals surface area contributed by atoms with E-state index in [2.05, 4.69) is 24.3 Å². The van der Waals surface area contributed by atoms with E-state index in [0.717, 1.165) is 12.8 Å². The van der Waals surface area contributed by atoms with E-state index < -0.39 is 5.60 Å². The maximum absolute atomic E-state index is 10.6. The lowest BCUT2D eigenvalue weighted by atomic mass is 9.58. The predicted molar refractivity (Wildman–Crippen MR) is 62.4 cm³/mol. The first kappa shape index (κ1) is 10.3. The van der Waals surface area contributed by atoms with Crippen LogP contribution in [0.3, 0.4) is 0 Å². The molecule has 0 spiro atoms. The van der Waals surface area contributed by atoms with Crippen molar-refractivity contribution in [1.82, 2.24) is 0 Å². The average Bonchev–Trinajstić information content (AvgIpc) is 2.30. The zero-order chi connectivity index (χ0) is 11.2. The third-order valence-corrected chi connectivity index (χ3v) is 4.41. The summed E-state index contributed by atoms with van der Waals surface area (Å²) in [7, 11) is 0. The number of hydrogen-bond acceptors (Lipinski definition) is 2. The van der Waals surface area contributed by atoms with Gasteiger partial charge in [0.2, 0.25) is 0 Å². The lowest BCUT2D eigenvalue weighted by Gasteiger charge is -2.49. The molecule has 2 nitrogen and oxygen atoms in total. The molecule has 16 heavy (non-hydrogen) atoms. The van der Waals surface area contributed by atoms with Crippen LogP contribution in [0.2, 0.25) is 0 Å². The van der Waals surface area contributed by atoms with Crippen LogP contribution in [-0.4, -0.2) is 22.4 Å². The number of aliphatic hydroxyl groups excluding tert-OH is 1. The third kappa shape index (κ3) is 1.33. The summed E-state index contributed by atoms with van der Waals surface area (Å²) in [4.78, 5) is 0. The molecule has 3 aliphatic carbocycles. The van der Waals surface area contributed by atoms with Gasteiger partial charge in [-0.05, 0) is 42.7 Å². The Kier molecular flexibility index (Phi) is 2.30. The van der Waals surface area contributed by atoms with Crippen molar-refractivity contribution in [2.24, 2.45) is 0 Å². The van der Waals surface area contributed by atoms with Crippen LogP contribution < -0.4 is 0 Å². The van der Waals surface area contributed by atoms with Crippen molar-refractivity contribution < 1.29 is 10.2 Å². The summed E-state index contributed by atoms with van der Waals surface area (Å²) in [5.41, 5.74) is 2.09. The number of aliphatic hydroxyl groups is 2. The zero-order valence-corrected chi connectivity index (χ0v) is 9.39. The summed E-state index contributed by atoms with van der Waals surface area (Å²) in [6, 6.07) is 8.49. The largest absolute Gasteiger partial charge is 0.396 e. The molecular weight excluding hydrogens is 200 g/mol. The number of rotatable bonds is 2. The number of fused-ring (bicyclic) bond motifs is 2. The lowest BCUT2D eigenvalue weighted by Crippen LogP contribution is -2.46. The summed E-state index contributed by atoms with van der Waals surface area (Å²) in [5.74, 6) is 0.735. The highest BCUT2D eigenvalue weighted by Crippen LogP contribution is 2.55. The van der Waals surface area contributed by atoms with Gasteiger partial charge in [-0.15, -0.1) is 0 Å². The normalized spacial score (nSPS) is 36.1. The van der Waals surface area contributed by atoms with Gasteiger partial charge in [-0.25, -0.2) is 0 Å². The molecule has 3 atom stereocenters. The van der Waals surface area contributed by atoms with Crippen LogP contribution in [0.15, 0.2) is 24.3 Å². The molecule has 3 aliphatic rings. The van der Waals surface area contributed by atoms with E-state index in [-0.39, 0.29) is 12.5 Å². The van der Waals surface area contributed by atoms with Gasteiger partial charge in [0.1, 0.15) is 0 Å². The first-order valence-electron chi connectivity index (χ1n) is 6.17. The molecule has 0 saturated heterocycles. The summed E-state index contributed by atoms with van der Waals surface area (Å²) >= 11 is 0. The molecule has 0 aromatic heterocycles. The van der Waals surface area contributed by atoms with E-state index in [1.165, 1.54) is 17.5 Å². The Morgan fingerprint density at radius 3 is 2.69 bits per heavy atom. The zero-order valence-electron chi connectivity index (χ0n) is 9.39. The Morgan fingerprint density at radius 1 is 1.19 bits per heavy atom. The van der Waals surface area contributed by atoms with Crippen molar-refractivity contribution in [3.63, 3.8) is 0 Å². The average molecular weight is 218 g/mol. The van der Waals surface area contributed by atoms with Crippen LogP contribution >= 0.6 is 0 Å². The summed E-state index contributed by atoms with van der Waals surface area (Å²) in [6.45, 7) is 0.0852. The molecule has 0 unspecified atom stereocenters. The first-order chi connectivity index (χ1) is 7.74. The lowest BCUT2D eigenvalue weighted by molar-refractivity contribution is -0.0501. The maximum atomic E-state index is 10.6. The van der Waals surface area contributed by atoms with Crippen LogP contribution in [0.4, 0.5) is 0 Å². The monoisotopic (exact) mass is 218 g/mol. The second-order valence-electron chi connectivity index (χ2n) is 5.24. The van der Waals surface area contributed by atoms with E-state index in [1.54, 1.807) is 0 Å². The fourth-order valence-corrected chi connectivity index (χ4v) is 3.69. The van der Waals surface area contributed by atoms with Crippen LogP contribution in [0.1, 0.15) is 48.6 Å². The van der Waals surface area contributed by atoms with Gasteiger partial charge in [-0.1, -0.05) is 24.3 Å². The minimum atomic E-state index is -0.661. The molecule has 2 N–H and O–H groups in total. The van der Waals surface area contributed by atoms with Crippen LogP contribution in [0.25, 0.3) is 0 Å². The number of hydrogen-bond donors (Lipinski definition) is 2. The fourth-order valence-electron chi connectivity index (χ4n) is 3.69. The van der Waals surface area contributed by atoms with Crippen LogP contribution in [0.5, 0.6) is 0 Å². The molecule has 0 heterocycles. The highest BCUT2D eigenvalue weighted by molar-refractivity contribution is 5.41. The standard InChI is InChI=1S/C14H18O2/c15-8-7-14(16)9-10-5-6-13(14)12-4-2-1-3-11(10)12/h1-4,10,13,15-16H,5-9H2/t10-,13-,14-/m0/s1. The SMILES string of the molecule is OCC[C@]1(O)C[C@@H]2CC[C@H]1c1ccccc12. The number of benzene rings is 1. The smallest absolute Gasteiger partial charge is 0.0743 e. The molecule has 86 valence electrons. The topological polar surface area (TPSA) is 40.5 Å². The summed E-state index contributed by atoms with van der Waals surface area (Å²) in [6.07, 6.45) is 3.60. The summed E-state index contributed by atoms with van der Waals surface area (Å²) in [5, 5.41) is 19.7. The van der Waals surface area contributed by atoms with Crippen molar-refractivity contribution in [3.05, 3.63) is 35.4 Å². The molecule has 1 aromatic carbocycles. The van der Waals surface area contributed by atoms with E-state index in [1.807, 2.05) is 0 Å². The molecule has 1 fully saturated rings. The van der Waals surface area contributed by atoms with Crippen molar-refractivity contribution in [2.45, 2.75) is 43.1 Å². The van der Waals surface area contributed by atoms with Gasteiger partial charge in [0.25, 0.3) is 0 Å². The van der Waals surface area contributed by atoms with E-state index in [0.29, 0.717) is 12.3 Å². The van der Waals surface area contributed by atoms with E-state index in [9.17, 15) is 5.11 Å². The highest BCUT2D eigenvalue weighted by atomic mass is 16.3. The minimum Gasteiger partial charge on any atom is -0.396 e. The Bertz CT molecular complexity index is 401. The van der Waals surface area contributed by atoms with Gasteiger partial charge in [0.05, 0.1) is 5.60 Å². The molecule has 4 rings (SSSR count). The van der Waals surface area contributed by atoms with Gasteiger partial charge >= 0.3 is 0 Å². The van der Waals surface area contributed by atoms with Crippen molar-refractivity contribution >= 4 is 0 Å². The van der Waals surface area contributed by atoms with Crippen LogP contribution in [-0.2, 0) is 0 Å². The van der Waals surface area contributed by atoms with Crippen molar-refractivity contribution in [3.8, 4) is 0 Å². The van der Waals surface area contributed by atoms with E-state index in [4.69, 9.17) is 5.11 Å². The molecule has 2 heteroatoms. The summed E-state index contributed by atoms with van der Waals surface area (Å²) < 4.78 is 0. The fraction of sp³-hybridized carbons (Fsp3) is 0.571. The molecule has 1 aromatic rings. The predicted octanol–water partition coefficient (Wildman–Crippen LogP) is 2.16. The molecule has 0 radical (unpaired) electrons. The molecule has 0 amide bonds. The van der Waals surface area contributed by atoms with Gasteiger partial charge in [0, 0.05) is 12.5 Å². The minimum absolute atomic E-state index is 0.0852. The third-order valence-electron chi connectivity index (χ3n) is 4.41. The van der Waals surface area contributed by atoms with Gasteiger partial charge in [0.15, 0.2) is 0 Å². The van der Waals surface area contributed by atoms with E-state index >= 15 is 0 Å². The van der Waals surface area contributed by atoms with Crippen molar-refractivity contribution in [1.29, 1.82) is 0 Å². The molecule has 0 aliphatic heterocycles. The Morgan fingerprint density at radius 2 is 1.94 bits per heavy atom. The molecule has 2 bridgehead atoms. The Labute approximate surface area is 95.9 Å². The Balaban J connectivity index is 2.05. The van der Waals surface area contributed by atoms with Gasteiger partial charge in [-0.3, -0.25) is 0 Å². The van der Waals surface area contributed by atoms with Gasteiger partial charge < -0.3 is 10.2 Å². The van der Waals surface area contributed by atoms with Gasteiger partial charge in [-0.2, -0.15) is 0 Å². The second kappa shape index (κ2) is 3.57. The second-order valence-corrected chi connectivity index (χ2v) is 5.24.